The number of methoxy groups -OCH3 is 1. The molecule has 0 aliphatic heterocycles. The zero-order chi connectivity index (χ0) is 11.4. The van der Waals surface area contributed by atoms with Crippen LogP contribution in [0.15, 0.2) is 22.7 Å². The molecule has 0 radical (unpaired) electrons. The van der Waals surface area contributed by atoms with E-state index in [-0.39, 0.29) is 5.91 Å². The molecule has 1 amide bonds. The Morgan fingerprint density at radius 2 is 2.20 bits per heavy atom. The maximum Gasteiger partial charge on any atom is 0.253 e. The number of aryl methyl sites for hydroxylation is 1. The second kappa shape index (κ2) is 5.28. The van der Waals surface area contributed by atoms with Crippen molar-refractivity contribution in [2.45, 2.75) is 20.0 Å². The van der Waals surface area contributed by atoms with E-state index < -0.39 is 6.10 Å². The number of hydrogen-bond donors (Lipinski definition) is 1. The second-order valence-corrected chi connectivity index (χ2v) is 4.24. The summed E-state index contributed by atoms with van der Waals surface area (Å²) in [6.45, 7) is 3.65. The van der Waals surface area contributed by atoms with E-state index in [2.05, 4.69) is 21.2 Å². The fraction of sp³-hybridized carbons (Fsp3) is 0.364. The van der Waals surface area contributed by atoms with Gasteiger partial charge in [0, 0.05) is 17.3 Å². The molecule has 1 N–H and O–H groups in total. The number of carbonyl (C=O) groups is 1. The molecular formula is C11H14BrNO2. The third kappa shape index (κ3) is 3.32. The number of nitrogens with one attached hydrogen (secondary N) is 1. The summed E-state index contributed by atoms with van der Waals surface area (Å²) in [7, 11) is 1.51. The molecule has 0 spiro atoms. The highest BCUT2D eigenvalue weighted by atomic mass is 79.9. The molecule has 15 heavy (non-hydrogen) atoms. The number of ether oxygens (including phenoxy) is 1. The van der Waals surface area contributed by atoms with Crippen molar-refractivity contribution in [3.8, 4) is 0 Å². The van der Waals surface area contributed by atoms with Crippen molar-refractivity contribution in [3.63, 3.8) is 0 Å². The van der Waals surface area contributed by atoms with E-state index in [1.165, 1.54) is 7.11 Å². The van der Waals surface area contributed by atoms with Crippen molar-refractivity contribution in [2.75, 3.05) is 12.4 Å². The topological polar surface area (TPSA) is 38.3 Å². The molecule has 1 atom stereocenters. The molecule has 4 heteroatoms. The van der Waals surface area contributed by atoms with Crippen molar-refractivity contribution < 1.29 is 9.53 Å². The summed E-state index contributed by atoms with van der Waals surface area (Å²) in [5.41, 5.74) is 1.83. The first-order valence-corrected chi connectivity index (χ1v) is 5.43. The quantitative estimate of drug-likeness (QED) is 0.918. The maximum absolute atomic E-state index is 11.5. The Kier molecular flexibility index (Phi) is 4.29. The van der Waals surface area contributed by atoms with E-state index in [4.69, 9.17) is 4.74 Å². The molecule has 0 fully saturated rings. The number of anilines is 1. The van der Waals surface area contributed by atoms with Crippen molar-refractivity contribution in [3.05, 3.63) is 28.2 Å². The lowest BCUT2D eigenvalue weighted by Gasteiger charge is -2.12. The average Bonchev–Trinajstić information content (AvgIpc) is 2.20. The number of benzene rings is 1. The van der Waals surface area contributed by atoms with E-state index >= 15 is 0 Å². The van der Waals surface area contributed by atoms with Gasteiger partial charge >= 0.3 is 0 Å². The molecule has 0 aromatic heterocycles. The second-order valence-electron chi connectivity index (χ2n) is 3.33. The SMILES string of the molecule is COC(C)C(=O)Nc1ccc(Br)cc1C. The number of amides is 1. The predicted molar refractivity (Wildman–Crippen MR) is 64.0 cm³/mol. The van der Waals surface area contributed by atoms with Crippen LogP contribution >= 0.6 is 15.9 Å². The molecule has 1 aromatic carbocycles. The van der Waals surface area contributed by atoms with E-state index in [1.54, 1.807) is 6.92 Å². The molecule has 1 aromatic rings. The zero-order valence-corrected chi connectivity index (χ0v) is 10.6. The van der Waals surface area contributed by atoms with Crippen LogP contribution in [-0.4, -0.2) is 19.1 Å². The third-order valence-electron chi connectivity index (χ3n) is 2.17. The van der Waals surface area contributed by atoms with Crippen molar-refractivity contribution in [1.82, 2.24) is 0 Å². The lowest BCUT2D eigenvalue weighted by atomic mass is 10.2. The molecule has 1 rings (SSSR count). The fourth-order valence-corrected chi connectivity index (χ4v) is 1.58. The van der Waals surface area contributed by atoms with Crippen LogP contribution in [-0.2, 0) is 9.53 Å². The smallest absolute Gasteiger partial charge is 0.253 e. The molecule has 0 saturated heterocycles. The number of hydrogen-bond acceptors (Lipinski definition) is 2. The van der Waals surface area contributed by atoms with Gasteiger partial charge in [-0.15, -0.1) is 0 Å². The summed E-state index contributed by atoms with van der Waals surface area (Å²) in [6, 6.07) is 5.70. The molecule has 1 unspecified atom stereocenters. The minimum Gasteiger partial charge on any atom is -0.372 e. The molecule has 3 nitrogen and oxygen atoms in total. The monoisotopic (exact) mass is 271 g/mol. The summed E-state index contributed by atoms with van der Waals surface area (Å²) < 4.78 is 5.92. The van der Waals surface area contributed by atoms with Crippen LogP contribution in [0.4, 0.5) is 5.69 Å². The van der Waals surface area contributed by atoms with Gasteiger partial charge in [-0.05, 0) is 37.6 Å². The molecule has 0 aliphatic carbocycles. The van der Waals surface area contributed by atoms with Crippen LogP contribution < -0.4 is 5.32 Å². The highest BCUT2D eigenvalue weighted by Gasteiger charge is 2.12. The maximum atomic E-state index is 11.5. The number of carbonyl (C=O) groups excluding carboxylic acids is 1. The van der Waals surface area contributed by atoms with E-state index in [0.29, 0.717) is 0 Å². The normalized spacial score (nSPS) is 12.3. The van der Waals surface area contributed by atoms with Gasteiger partial charge in [0.25, 0.3) is 5.91 Å². The Hall–Kier alpha value is -0.870. The van der Waals surface area contributed by atoms with Crippen molar-refractivity contribution in [1.29, 1.82) is 0 Å². The third-order valence-corrected chi connectivity index (χ3v) is 2.66. The zero-order valence-electron chi connectivity index (χ0n) is 9.00. The van der Waals surface area contributed by atoms with Crippen LogP contribution in [0.1, 0.15) is 12.5 Å². The summed E-state index contributed by atoms with van der Waals surface area (Å²) in [5.74, 6) is -0.136. The first-order chi connectivity index (χ1) is 7.04. The van der Waals surface area contributed by atoms with Gasteiger partial charge < -0.3 is 10.1 Å². The molecule has 82 valence electrons. The van der Waals surface area contributed by atoms with Gasteiger partial charge in [0.2, 0.25) is 0 Å². The van der Waals surface area contributed by atoms with Gasteiger partial charge in [-0.3, -0.25) is 4.79 Å². The summed E-state index contributed by atoms with van der Waals surface area (Å²) in [5, 5.41) is 2.80. The summed E-state index contributed by atoms with van der Waals surface area (Å²) in [4.78, 5) is 11.5. The van der Waals surface area contributed by atoms with Gasteiger partial charge in [0.15, 0.2) is 0 Å². The summed E-state index contributed by atoms with van der Waals surface area (Å²) in [6.07, 6.45) is -0.437. The Labute approximate surface area is 97.9 Å². The number of rotatable bonds is 3. The standard InChI is InChI=1S/C11H14BrNO2/c1-7-6-9(12)4-5-10(7)13-11(14)8(2)15-3/h4-6,8H,1-3H3,(H,13,14). The van der Waals surface area contributed by atoms with E-state index in [0.717, 1.165) is 15.7 Å². The minimum atomic E-state index is -0.437. The van der Waals surface area contributed by atoms with Gasteiger partial charge in [-0.25, -0.2) is 0 Å². The molecule has 0 bridgehead atoms. The Balaban J connectivity index is 2.77. The fourth-order valence-electron chi connectivity index (χ4n) is 1.11. The first kappa shape index (κ1) is 12.2. The highest BCUT2D eigenvalue weighted by molar-refractivity contribution is 9.10. The van der Waals surface area contributed by atoms with Gasteiger partial charge in [0.1, 0.15) is 6.10 Å². The van der Waals surface area contributed by atoms with E-state index in [9.17, 15) is 4.79 Å². The molecule has 0 heterocycles. The first-order valence-electron chi connectivity index (χ1n) is 4.64. The Morgan fingerprint density at radius 3 is 2.73 bits per heavy atom. The van der Waals surface area contributed by atoms with E-state index in [1.807, 2.05) is 25.1 Å². The average molecular weight is 272 g/mol. The van der Waals surface area contributed by atoms with Gasteiger partial charge in [-0.1, -0.05) is 15.9 Å². The molecular weight excluding hydrogens is 258 g/mol. The molecule has 0 saturated carbocycles. The lowest BCUT2D eigenvalue weighted by Crippen LogP contribution is -2.26. The highest BCUT2D eigenvalue weighted by Crippen LogP contribution is 2.20. The summed E-state index contributed by atoms with van der Waals surface area (Å²) >= 11 is 3.37. The van der Waals surface area contributed by atoms with Crippen LogP contribution in [0.2, 0.25) is 0 Å². The van der Waals surface area contributed by atoms with Gasteiger partial charge in [-0.2, -0.15) is 0 Å². The van der Waals surface area contributed by atoms with Crippen molar-refractivity contribution in [2.24, 2.45) is 0 Å². The van der Waals surface area contributed by atoms with Crippen LogP contribution in [0.3, 0.4) is 0 Å². The van der Waals surface area contributed by atoms with Crippen LogP contribution in [0, 0.1) is 6.92 Å². The lowest BCUT2D eigenvalue weighted by molar-refractivity contribution is -0.124. The van der Waals surface area contributed by atoms with Crippen molar-refractivity contribution >= 4 is 27.5 Å². The molecule has 0 aliphatic rings. The largest absolute Gasteiger partial charge is 0.372 e. The minimum absolute atomic E-state index is 0.136. The van der Waals surface area contributed by atoms with Gasteiger partial charge in [0.05, 0.1) is 0 Å². The Bertz CT molecular complexity index is 366. The van der Waals surface area contributed by atoms with Crippen LogP contribution in [0.5, 0.6) is 0 Å². The van der Waals surface area contributed by atoms with Crippen LogP contribution in [0.25, 0.3) is 0 Å². The Morgan fingerprint density at radius 1 is 1.53 bits per heavy atom. The number of halogens is 1. The predicted octanol–water partition coefficient (Wildman–Crippen LogP) is 2.73.